The van der Waals surface area contributed by atoms with Crippen LogP contribution in [0, 0.1) is 6.92 Å². The fourth-order valence-corrected chi connectivity index (χ4v) is 1.94. The van der Waals surface area contributed by atoms with E-state index in [0.717, 1.165) is 13.1 Å². The van der Waals surface area contributed by atoms with Crippen LogP contribution >= 0.6 is 0 Å². The molecule has 1 aliphatic heterocycles. The number of hydrogen-bond donors (Lipinski definition) is 0. The first-order chi connectivity index (χ1) is 7.08. The van der Waals surface area contributed by atoms with Gasteiger partial charge in [-0.25, -0.2) is 0 Å². The minimum absolute atomic E-state index is 0.0591. The van der Waals surface area contributed by atoms with Crippen molar-refractivity contribution in [3.63, 3.8) is 0 Å². The van der Waals surface area contributed by atoms with Crippen LogP contribution < -0.4 is 0 Å². The van der Waals surface area contributed by atoms with Crippen molar-refractivity contribution >= 4 is 5.91 Å². The van der Waals surface area contributed by atoms with Gasteiger partial charge < -0.3 is 4.90 Å². The van der Waals surface area contributed by atoms with Crippen LogP contribution in [0.5, 0.6) is 0 Å². The second kappa shape index (κ2) is 3.54. The van der Waals surface area contributed by atoms with E-state index in [9.17, 15) is 4.79 Å². The summed E-state index contributed by atoms with van der Waals surface area (Å²) in [6.07, 6.45) is 0. The smallest absolute Gasteiger partial charge is 0.249 e. The zero-order valence-corrected chi connectivity index (χ0v) is 9.21. The molecule has 1 aromatic carbocycles. The Hall–Kier alpha value is -1.57. The van der Waals surface area contributed by atoms with E-state index in [-0.39, 0.29) is 5.91 Å². The Labute approximate surface area is 90.2 Å². The standard InChI is InChI=1S/C13H15NO/c1-9(2)13(15)14-7-11-5-4-10(3)6-12(11)8-14/h4-6H,1,7-8H2,2-3H3. The van der Waals surface area contributed by atoms with Crippen molar-refractivity contribution in [3.05, 3.63) is 47.0 Å². The molecule has 2 heteroatoms. The predicted molar refractivity (Wildman–Crippen MR) is 60.2 cm³/mol. The van der Waals surface area contributed by atoms with E-state index in [1.165, 1.54) is 16.7 Å². The molecule has 0 aromatic heterocycles. The van der Waals surface area contributed by atoms with Crippen LogP contribution in [0.25, 0.3) is 0 Å². The Balaban J connectivity index is 2.22. The molecule has 0 unspecified atom stereocenters. The molecule has 0 bridgehead atoms. The zero-order valence-electron chi connectivity index (χ0n) is 9.21. The van der Waals surface area contributed by atoms with Gasteiger partial charge >= 0.3 is 0 Å². The summed E-state index contributed by atoms with van der Waals surface area (Å²) in [6.45, 7) is 8.97. The first-order valence-corrected chi connectivity index (χ1v) is 5.11. The normalized spacial score (nSPS) is 13.9. The lowest BCUT2D eigenvalue weighted by molar-refractivity contribution is -0.127. The molecular weight excluding hydrogens is 186 g/mol. The van der Waals surface area contributed by atoms with E-state index in [4.69, 9.17) is 0 Å². The molecule has 1 heterocycles. The Morgan fingerprint density at radius 2 is 2.00 bits per heavy atom. The second-order valence-corrected chi connectivity index (χ2v) is 4.21. The average Bonchev–Trinajstić information content (AvgIpc) is 2.58. The van der Waals surface area contributed by atoms with Crippen molar-refractivity contribution in [1.29, 1.82) is 0 Å². The summed E-state index contributed by atoms with van der Waals surface area (Å²) in [5.74, 6) is 0.0591. The van der Waals surface area contributed by atoms with Gasteiger partial charge in [-0.2, -0.15) is 0 Å². The summed E-state index contributed by atoms with van der Waals surface area (Å²) in [7, 11) is 0. The number of hydrogen-bond acceptors (Lipinski definition) is 1. The van der Waals surface area contributed by atoms with Crippen LogP contribution in [0.2, 0.25) is 0 Å². The number of rotatable bonds is 1. The molecule has 78 valence electrons. The molecular formula is C13H15NO. The highest BCUT2D eigenvalue weighted by Gasteiger charge is 2.23. The fourth-order valence-electron chi connectivity index (χ4n) is 1.94. The summed E-state index contributed by atoms with van der Waals surface area (Å²) < 4.78 is 0. The highest BCUT2D eigenvalue weighted by Crippen LogP contribution is 2.24. The third-order valence-corrected chi connectivity index (χ3v) is 2.74. The van der Waals surface area contributed by atoms with E-state index < -0.39 is 0 Å². The molecule has 2 rings (SSSR count). The summed E-state index contributed by atoms with van der Waals surface area (Å²) >= 11 is 0. The van der Waals surface area contributed by atoms with Gasteiger partial charge in [-0.1, -0.05) is 30.3 Å². The lowest BCUT2D eigenvalue weighted by Gasteiger charge is -2.14. The second-order valence-electron chi connectivity index (χ2n) is 4.21. The maximum atomic E-state index is 11.7. The van der Waals surface area contributed by atoms with Crippen molar-refractivity contribution in [2.24, 2.45) is 0 Å². The van der Waals surface area contributed by atoms with E-state index in [1.807, 2.05) is 4.90 Å². The van der Waals surface area contributed by atoms with Gasteiger partial charge in [-0.05, 0) is 25.0 Å². The van der Waals surface area contributed by atoms with E-state index in [1.54, 1.807) is 6.92 Å². The van der Waals surface area contributed by atoms with Gasteiger partial charge in [0.25, 0.3) is 0 Å². The molecule has 0 aliphatic carbocycles. The summed E-state index contributed by atoms with van der Waals surface area (Å²) in [5.41, 5.74) is 4.39. The van der Waals surface area contributed by atoms with E-state index in [2.05, 4.69) is 31.7 Å². The van der Waals surface area contributed by atoms with E-state index >= 15 is 0 Å². The minimum Gasteiger partial charge on any atom is -0.330 e. The van der Waals surface area contributed by atoms with Crippen LogP contribution in [0.3, 0.4) is 0 Å². The first kappa shape index (κ1) is 9.97. The topological polar surface area (TPSA) is 20.3 Å². The van der Waals surface area contributed by atoms with Crippen LogP contribution in [0.4, 0.5) is 0 Å². The Morgan fingerprint density at radius 1 is 1.33 bits per heavy atom. The third kappa shape index (κ3) is 1.80. The number of amides is 1. The molecule has 1 aliphatic rings. The van der Waals surface area contributed by atoms with E-state index in [0.29, 0.717) is 5.57 Å². The fraction of sp³-hybridized carbons (Fsp3) is 0.308. The van der Waals surface area contributed by atoms with Crippen molar-refractivity contribution < 1.29 is 4.79 Å². The maximum Gasteiger partial charge on any atom is 0.249 e. The molecule has 0 radical (unpaired) electrons. The lowest BCUT2D eigenvalue weighted by atomic mass is 10.1. The van der Waals surface area contributed by atoms with Crippen LogP contribution in [-0.2, 0) is 17.9 Å². The maximum absolute atomic E-state index is 11.7. The number of benzene rings is 1. The van der Waals surface area contributed by atoms with Gasteiger partial charge in [0.2, 0.25) is 5.91 Å². The highest BCUT2D eigenvalue weighted by molar-refractivity contribution is 5.92. The quantitative estimate of drug-likeness (QED) is 0.639. The SMILES string of the molecule is C=C(C)C(=O)N1Cc2ccc(C)cc2C1. The van der Waals surface area contributed by atoms with Gasteiger partial charge in [0, 0.05) is 18.7 Å². The molecule has 0 atom stereocenters. The number of carbonyl (C=O) groups is 1. The number of carbonyl (C=O) groups excluding carboxylic acids is 1. The van der Waals surface area contributed by atoms with Crippen molar-refractivity contribution in [2.45, 2.75) is 26.9 Å². The molecule has 1 aromatic rings. The molecule has 1 amide bonds. The van der Waals surface area contributed by atoms with Crippen molar-refractivity contribution in [2.75, 3.05) is 0 Å². The molecule has 0 N–H and O–H groups in total. The van der Waals surface area contributed by atoms with Crippen molar-refractivity contribution in [1.82, 2.24) is 4.90 Å². The van der Waals surface area contributed by atoms with Gasteiger partial charge in [0.1, 0.15) is 0 Å². The number of aryl methyl sites for hydroxylation is 1. The van der Waals surface area contributed by atoms with Crippen molar-refractivity contribution in [3.8, 4) is 0 Å². The molecule has 0 saturated heterocycles. The highest BCUT2D eigenvalue weighted by atomic mass is 16.2. The Bertz CT molecular complexity index is 434. The lowest BCUT2D eigenvalue weighted by Crippen LogP contribution is -2.25. The van der Waals surface area contributed by atoms with Gasteiger partial charge in [0.15, 0.2) is 0 Å². The van der Waals surface area contributed by atoms with Crippen LogP contribution in [0.15, 0.2) is 30.4 Å². The summed E-state index contributed by atoms with van der Waals surface area (Å²) in [6, 6.07) is 6.35. The Morgan fingerprint density at radius 3 is 2.67 bits per heavy atom. The number of nitrogens with zero attached hydrogens (tertiary/aromatic N) is 1. The third-order valence-electron chi connectivity index (χ3n) is 2.74. The summed E-state index contributed by atoms with van der Waals surface area (Å²) in [5, 5.41) is 0. The minimum atomic E-state index is 0.0591. The largest absolute Gasteiger partial charge is 0.330 e. The monoisotopic (exact) mass is 201 g/mol. The molecule has 0 saturated carbocycles. The van der Waals surface area contributed by atoms with Gasteiger partial charge in [0.05, 0.1) is 0 Å². The predicted octanol–water partition coefficient (Wildman–Crippen LogP) is 2.41. The number of fused-ring (bicyclic) bond motifs is 1. The molecule has 2 nitrogen and oxygen atoms in total. The molecule has 0 spiro atoms. The van der Waals surface area contributed by atoms with Crippen LogP contribution in [0.1, 0.15) is 23.6 Å². The van der Waals surface area contributed by atoms with Gasteiger partial charge in [-0.15, -0.1) is 0 Å². The molecule has 0 fully saturated rings. The summed E-state index contributed by atoms with van der Waals surface area (Å²) in [4.78, 5) is 13.6. The zero-order chi connectivity index (χ0) is 11.0. The van der Waals surface area contributed by atoms with Crippen LogP contribution in [-0.4, -0.2) is 10.8 Å². The Kier molecular flexibility index (Phi) is 2.35. The first-order valence-electron chi connectivity index (χ1n) is 5.11. The molecule has 15 heavy (non-hydrogen) atoms. The average molecular weight is 201 g/mol. The van der Waals surface area contributed by atoms with Gasteiger partial charge in [-0.3, -0.25) is 4.79 Å².